The van der Waals surface area contributed by atoms with E-state index >= 15 is 0 Å². The molecule has 0 amide bonds. The normalized spacial score (nSPS) is 12.4. The molecular weight excluding hydrogens is 272 g/mol. The molecule has 0 saturated heterocycles. The Kier molecular flexibility index (Phi) is 3.23. The summed E-state index contributed by atoms with van der Waals surface area (Å²) in [4.78, 5) is 27.5. The molecule has 0 aliphatic heterocycles. The van der Waals surface area contributed by atoms with Crippen LogP contribution in [0.3, 0.4) is 0 Å². The number of aliphatic carboxylic acids is 1. The number of carboxylic acid groups (broad SMARTS) is 1. The number of benzene rings is 1. The zero-order valence-corrected chi connectivity index (χ0v) is 11.0. The SMILES string of the molecule is O=C(O)C(Cn1nc2cnccn2c1=O)c1ccccc1. The van der Waals surface area contributed by atoms with Crippen LogP contribution in [0.5, 0.6) is 0 Å². The van der Waals surface area contributed by atoms with Crippen molar-refractivity contribution >= 4 is 11.6 Å². The molecule has 2 heterocycles. The molecule has 1 N–H and O–H groups in total. The van der Waals surface area contributed by atoms with Gasteiger partial charge in [0.05, 0.1) is 12.7 Å². The van der Waals surface area contributed by atoms with Crippen molar-refractivity contribution in [1.29, 1.82) is 0 Å². The molecule has 1 atom stereocenters. The van der Waals surface area contributed by atoms with Crippen molar-refractivity contribution in [3.63, 3.8) is 0 Å². The molecular formula is C14H12N4O3. The maximum absolute atomic E-state index is 12.2. The summed E-state index contributed by atoms with van der Waals surface area (Å²) in [6, 6.07) is 8.79. The molecule has 0 aliphatic carbocycles. The maximum atomic E-state index is 12.2. The van der Waals surface area contributed by atoms with E-state index in [1.54, 1.807) is 24.3 Å². The van der Waals surface area contributed by atoms with Crippen molar-refractivity contribution in [2.45, 2.75) is 12.5 Å². The molecule has 3 aromatic rings. The second-order valence-electron chi connectivity index (χ2n) is 4.57. The van der Waals surface area contributed by atoms with Crippen LogP contribution in [0.25, 0.3) is 5.65 Å². The highest BCUT2D eigenvalue weighted by molar-refractivity contribution is 5.75. The van der Waals surface area contributed by atoms with Gasteiger partial charge in [0.15, 0.2) is 5.65 Å². The Bertz CT molecular complexity index is 838. The highest BCUT2D eigenvalue weighted by Gasteiger charge is 2.22. The Labute approximate surface area is 119 Å². The van der Waals surface area contributed by atoms with Gasteiger partial charge >= 0.3 is 11.7 Å². The van der Waals surface area contributed by atoms with Crippen LogP contribution in [0.2, 0.25) is 0 Å². The smallest absolute Gasteiger partial charge is 0.350 e. The highest BCUT2D eigenvalue weighted by Crippen LogP contribution is 2.17. The zero-order valence-electron chi connectivity index (χ0n) is 11.0. The maximum Gasteiger partial charge on any atom is 0.350 e. The number of nitrogens with zero attached hydrogens (tertiary/aromatic N) is 4. The molecule has 0 aliphatic rings. The quantitative estimate of drug-likeness (QED) is 0.764. The Hall–Kier alpha value is -2.96. The first-order valence-electron chi connectivity index (χ1n) is 6.34. The lowest BCUT2D eigenvalue weighted by Crippen LogP contribution is -2.27. The molecule has 0 fully saturated rings. The predicted molar refractivity (Wildman–Crippen MR) is 74.1 cm³/mol. The molecule has 7 nitrogen and oxygen atoms in total. The van der Waals surface area contributed by atoms with Crippen LogP contribution in [-0.4, -0.2) is 30.2 Å². The van der Waals surface area contributed by atoms with E-state index in [9.17, 15) is 14.7 Å². The molecule has 0 bridgehead atoms. The molecule has 1 aromatic carbocycles. The number of rotatable bonds is 4. The number of hydrogen-bond acceptors (Lipinski definition) is 4. The largest absolute Gasteiger partial charge is 0.481 e. The van der Waals surface area contributed by atoms with E-state index in [1.165, 1.54) is 23.0 Å². The van der Waals surface area contributed by atoms with Crippen molar-refractivity contribution in [3.05, 3.63) is 65.0 Å². The van der Waals surface area contributed by atoms with Crippen molar-refractivity contribution in [2.24, 2.45) is 0 Å². The topological polar surface area (TPSA) is 89.5 Å². The average molecular weight is 284 g/mol. The Morgan fingerprint density at radius 3 is 2.71 bits per heavy atom. The monoisotopic (exact) mass is 284 g/mol. The Balaban J connectivity index is 2.01. The van der Waals surface area contributed by atoms with E-state index in [-0.39, 0.29) is 12.2 Å². The molecule has 3 rings (SSSR count). The number of aromatic nitrogens is 4. The van der Waals surface area contributed by atoms with Gasteiger partial charge in [-0.3, -0.25) is 9.78 Å². The highest BCUT2D eigenvalue weighted by atomic mass is 16.4. The minimum atomic E-state index is -0.997. The fourth-order valence-corrected chi connectivity index (χ4v) is 2.18. The predicted octanol–water partition coefficient (Wildman–Crippen LogP) is 0.759. The van der Waals surface area contributed by atoms with Gasteiger partial charge in [0.2, 0.25) is 0 Å². The third-order valence-corrected chi connectivity index (χ3v) is 3.24. The lowest BCUT2D eigenvalue weighted by molar-refractivity contribution is -0.139. The summed E-state index contributed by atoms with van der Waals surface area (Å²) < 4.78 is 2.49. The van der Waals surface area contributed by atoms with Crippen LogP contribution in [-0.2, 0) is 11.3 Å². The summed E-state index contributed by atoms with van der Waals surface area (Å²) >= 11 is 0. The molecule has 0 spiro atoms. The van der Waals surface area contributed by atoms with E-state index in [0.29, 0.717) is 11.2 Å². The van der Waals surface area contributed by atoms with Crippen LogP contribution in [0.4, 0.5) is 0 Å². The van der Waals surface area contributed by atoms with Crippen molar-refractivity contribution in [3.8, 4) is 0 Å². The summed E-state index contributed by atoms with van der Waals surface area (Å²) in [6.07, 6.45) is 4.43. The second kappa shape index (κ2) is 5.20. The van der Waals surface area contributed by atoms with Gasteiger partial charge in [-0.25, -0.2) is 13.9 Å². The molecule has 106 valence electrons. The van der Waals surface area contributed by atoms with E-state index in [2.05, 4.69) is 10.1 Å². The van der Waals surface area contributed by atoms with Crippen molar-refractivity contribution < 1.29 is 9.90 Å². The van der Waals surface area contributed by atoms with E-state index in [0.717, 1.165) is 4.68 Å². The lowest BCUT2D eigenvalue weighted by atomic mass is 9.99. The van der Waals surface area contributed by atoms with Gasteiger partial charge in [0.25, 0.3) is 0 Å². The lowest BCUT2D eigenvalue weighted by Gasteiger charge is -2.11. The van der Waals surface area contributed by atoms with Crippen LogP contribution in [0.1, 0.15) is 11.5 Å². The third kappa shape index (κ3) is 2.40. The van der Waals surface area contributed by atoms with Crippen molar-refractivity contribution in [2.75, 3.05) is 0 Å². The first kappa shape index (κ1) is 13.0. The Morgan fingerprint density at radius 1 is 1.29 bits per heavy atom. The van der Waals surface area contributed by atoms with Gasteiger partial charge in [-0.1, -0.05) is 30.3 Å². The summed E-state index contributed by atoms with van der Waals surface area (Å²) in [6.45, 7) is -0.0279. The molecule has 0 saturated carbocycles. The number of hydrogen-bond donors (Lipinski definition) is 1. The average Bonchev–Trinajstić information content (AvgIpc) is 2.82. The Morgan fingerprint density at radius 2 is 2.05 bits per heavy atom. The molecule has 7 heteroatoms. The van der Waals surface area contributed by atoms with E-state index in [4.69, 9.17) is 0 Å². The van der Waals surface area contributed by atoms with Gasteiger partial charge in [-0.15, -0.1) is 5.10 Å². The summed E-state index contributed by atoms with van der Waals surface area (Å²) in [5.74, 6) is -1.83. The zero-order chi connectivity index (χ0) is 14.8. The molecule has 1 unspecified atom stereocenters. The summed E-state index contributed by atoms with van der Waals surface area (Å²) in [7, 11) is 0. The number of fused-ring (bicyclic) bond motifs is 1. The van der Waals surface area contributed by atoms with E-state index < -0.39 is 11.9 Å². The van der Waals surface area contributed by atoms with E-state index in [1.807, 2.05) is 6.07 Å². The third-order valence-electron chi connectivity index (χ3n) is 3.24. The fraction of sp³-hybridized carbons (Fsp3) is 0.143. The standard InChI is InChI=1S/C14H12N4O3/c19-13(20)11(10-4-2-1-3-5-10)9-18-14(21)17-7-6-15-8-12(17)16-18/h1-8,11H,9H2,(H,19,20). The number of carbonyl (C=O) groups is 1. The number of carboxylic acids is 1. The van der Waals surface area contributed by atoms with Gasteiger partial charge in [0.1, 0.15) is 5.92 Å². The minimum Gasteiger partial charge on any atom is -0.481 e. The van der Waals surface area contributed by atoms with Crippen molar-refractivity contribution in [1.82, 2.24) is 19.2 Å². The van der Waals surface area contributed by atoms with Crippen LogP contribution >= 0.6 is 0 Å². The van der Waals surface area contributed by atoms with Gasteiger partial charge in [0, 0.05) is 12.4 Å². The molecule has 21 heavy (non-hydrogen) atoms. The first-order chi connectivity index (χ1) is 10.2. The molecule has 2 aromatic heterocycles. The van der Waals surface area contributed by atoms with Gasteiger partial charge in [-0.05, 0) is 5.56 Å². The fourth-order valence-electron chi connectivity index (χ4n) is 2.18. The molecule has 0 radical (unpaired) electrons. The van der Waals surface area contributed by atoms with Crippen LogP contribution < -0.4 is 5.69 Å². The second-order valence-corrected chi connectivity index (χ2v) is 4.57. The summed E-state index contributed by atoms with van der Waals surface area (Å²) in [5.41, 5.74) is 0.640. The van der Waals surface area contributed by atoms with Gasteiger partial charge in [-0.2, -0.15) is 0 Å². The van der Waals surface area contributed by atoms with Gasteiger partial charge < -0.3 is 5.11 Å². The first-order valence-corrected chi connectivity index (χ1v) is 6.34. The van der Waals surface area contributed by atoms with Crippen LogP contribution in [0, 0.1) is 0 Å². The summed E-state index contributed by atoms with van der Waals surface area (Å²) in [5, 5.41) is 13.5. The van der Waals surface area contributed by atoms with Crippen LogP contribution in [0.15, 0.2) is 53.7 Å². The minimum absolute atomic E-state index is 0.0279.